The van der Waals surface area contributed by atoms with Gasteiger partial charge in [-0.3, -0.25) is 14.4 Å². The number of fused-ring (bicyclic) bond motifs is 1. The molecule has 1 amide bonds. The Morgan fingerprint density at radius 2 is 1.70 bits per heavy atom. The number of nitrogens with one attached hydrogen (secondary N) is 1. The van der Waals surface area contributed by atoms with Crippen molar-refractivity contribution in [2.45, 2.75) is 17.7 Å². The molecule has 13 heteroatoms. The maximum atomic E-state index is 12.9. The molecule has 2 aliphatic rings. The van der Waals surface area contributed by atoms with E-state index in [9.17, 15) is 21.6 Å². The molecular weight excluding hydrogens is 468 g/mol. The summed E-state index contributed by atoms with van der Waals surface area (Å²) in [6, 6.07) is 5.71. The van der Waals surface area contributed by atoms with Gasteiger partial charge >= 0.3 is 0 Å². The zero-order valence-electron chi connectivity index (χ0n) is 18.2. The van der Waals surface area contributed by atoms with Crippen LogP contribution in [0.15, 0.2) is 41.6 Å². The summed E-state index contributed by atoms with van der Waals surface area (Å²) >= 11 is 0. The van der Waals surface area contributed by atoms with Crippen LogP contribution in [0, 0.1) is 0 Å². The van der Waals surface area contributed by atoms with Crippen LogP contribution in [-0.4, -0.2) is 87.4 Å². The largest absolute Gasteiger partial charge is 0.338 e. The van der Waals surface area contributed by atoms with Crippen LogP contribution in [0.5, 0.6) is 0 Å². The van der Waals surface area contributed by atoms with E-state index < -0.39 is 26.0 Å². The van der Waals surface area contributed by atoms with E-state index in [2.05, 4.69) is 24.5 Å². The number of rotatable bonds is 8. The molecule has 0 aliphatic carbocycles. The van der Waals surface area contributed by atoms with E-state index in [1.54, 1.807) is 18.5 Å². The van der Waals surface area contributed by atoms with Gasteiger partial charge in [0.2, 0.25) is 16.0 Å². The highest BCUT2D eigenvalue weighted by atomic mass is 32.2. The molecule has 33 heavy (non-hydrogen) atoms. The van der Waals surface area contributed by atoms with Crippen LogP contribution < -0.4 is 9.62 Å². The standard InChI is InChI=1S/C20H26N6O5S2/c1-32(28,29)23-16-5-6-17-18(15-16)33(30,31)26(19(17)27)10-3-2-9-24-11-13-25(14-12-24)20-21-7-4-8-22-20/h4-8,15,23H,2-3,9-14H2,1H3. The van der Waals surface area contributed by atoms with E-state index in [1.807, 2.05) is 0 Å². The molecule has 0 atom stereocenters. The average Bonchev–Trinajstić information content (AvgIpc) is 2.96. The Kier molecular flexibility index (Phi) is 6.54. The molecule has 0 radical (unpaired) electrons. The molecular formula is C20H26N6O5S2. The van der Waals surface area contributed by atoms with Gasteiger partial charge in [-0.15, -0.1) is 0 Å². The number of nitrogens with zero attached hydrogens (tertiary/aromatic N) is 5. The van der Waals surface area contributed by atoms with Crippen LogP contribution >= 0.6 is 0 Å². The third-order valence-electron chi connectivity index (χ3n) is 5.60. The molecule has 1 saturated heterocycles. The van der Waals surface area contributed by atoms with Gasteiger partial charge in [0.05, 0.1) is 11.8 Å². The van der Waals surface area contributed by atoms with E-state index >= 15 is 0 Å². The third-order valence-corrected chi connectivity index (χ3v) is 8.03. The Labute approximate surface area is 193 Å². The fourth-order valence-corrected chi connectivity index (χ4v) is 6.18. The van der Waals surface area contributed by atoms with Gasteiger partial charge in [0.15, 0.2) is 0 Å². The number of anilines is 2. The maximum absolute atomic E-state index is 12.9. The molecule has 0 spiro atoms. The maximum Gasteiger partial charge on any atom is 0.269 e. The van der Waals surface area contributed by atoms with Crippen molar-refractivity contribution in [3.8, 4) is 0 Å². The predicted octanol–water partition coefficient (Wildman–Crippen LogP) is 0.595. The van der Waals surface area contributed by atoms with Crippen molar-refractivity contribution in [1.82, 2.24) is 19.2 Å². The number of sulfonamides is 2. The monoisotopic (exact) mass is 494 g/mol. The minimum Gasteiger partial charge on any atom is -0.338 e. The summed E-state index contributed by atoms with van der Waals surface area (Å²) in [6.07, 6.45) is 5.71. The van der Waals surface area contributed by atoms with Gasteiger partial charge in [-0.2, -0.15) is 0 Å². The molecule has 0 saturated carbocycles. The van der Waals surface area contributed by atoms with Crippen molar-refractivity contribution in [2.24, 2.45) is 0 Å². The number of carbonyl (C=O) groups excluding carboxylic acids is 1. The lowest BCUT2D eigenvalue weighted by Crippen LogP contribution is -2.47. The van der Waals surface area contributed by atoms with Gasteiger partial charge in [0.25, 0.3) is 15.9 Å². The van der Waals surface area contributed by atoms with Crippen molar-refractivity contribution in [2.75, 3.05) is 55.1 Å². The van der Waals surface area contributed by atoms with Crippen LogP contribution in [0.4, 0.5) is 11.6 Å². The van der Waals surface area contributed by atoms with Crippen molar-refractivity contribution >= 4 is 37.6 Å². The number of hydrogen-bond donors (Lipinski definition) is 1. The number of unbranched alkanes of at least 4 members (excludes halogenated alkanes) is 1. The fraction of sp³-hybridized carbons (Fsp3) is 0.450. The van der Waals surface area contributed by atoms with Gasteiger partial charge in [0.1, 0.15) is 4.90 Å². The highest BCUT2D eigenvalue weighted by Crippen LogP contribution is 2.32. The van der Waals surface area contributed by atoms with Crippen molar-refractivity contribution in [3.63, 3.8) is 0 Å². The topological polar surface area (TPSA) is 133 Å². The smallest absolute Gasteiger partial charge is 0.269 e. The molecule has 0 bridgehead atoms. The minimum absolute atomic E-state index is 0.0632. The molecule has 178 valence electrons. The van der Waals surface area contributed by atoms with Gasteiger partial charge < -0.3 is 4.90 Å². The normalized spacial score (nSPS) is 18.4. The lowest BCUT2D eigenvalue weighted by atomic mass is 10.2. The van der Waals surface area contributed by atoms with Gasteiger partial charge in [-0.05, 0) is 43.7 Å². The van der Waals surface area contributed by atoms with E-state index in [1.165, 1.54) is 18.2 Å². The SMILES string of the molecule is CS(=O)(=O)Nc1ccc2c(c1)S(=O)(=O)N(CCCCN1CCN(c3ncccn3)CC1)C2=O. The third kappa shape index (κ3) is 5.25. The van der Waals surface area contributed by atoms with Crippen molar-refractivity contribution in [1.29, 1.82) is 0 Å². The first kappa shape index (κ1) is 23.4. The number of carbonyl (C=O) groups is 1. The Morgan fingerprint density at radius 3 is 2.36 bits per heavy atom. The number of amides is 1. The molecule has 1 aromatic carbocycles. The highest BCUT2D eigenvalue weighted by molar-refractivity contribution is 7.92. The second-order valence-electron chi connectivity index (χ2n) is 8.05. The molecule has 4 rings (SSSR count). The second-order valence-corrected chi connectivity index (χ2v) is 11.6. The Balaban J connectivity index is 1.29. The first-order valence-corrected chi connectivity index (χ1v) is 13.9. The molecule has 11 nitrogen and oxygen atoms in total. The summed E-state index contributed by atoms with van der Waals surface area (Å²) in [5, 5.41) is 0. The number of piperazine rings is 1. The minimum atomic E-state index is -4.00. The van der Waals surface area contributed by atoms with Crippen LogP contribution in [0.25, 0.3) is 0 Å². The summed E-state index contributed by atoms with van der Waals surface area (Å²) in [4.78, 5) is 25.5. The molecule has 1 aromatic heterocycles. The van der Waals surface area contributed by atoms with Gasteiger partial charge in [-0.25, -0.2) is 31.1 Å². The highest BCUT2D eigenvalue weighted by Gasteiger charge is 2.41. The Hall–Kier alpha value is -2.77. The van der Waals surface area contributed by atoms with Crippen LogP contribution in [0.3, 0.4) is 0 Å². The first-order valence-electron chi connectivity index (χ1n) is 10.6. The molecule has 2 aromatic rings. The van der Waals surface area contributed by atoms with E-state index in [-0.39, 0.29) is 22.7 Å². The fourth-order valence-electron chi connectivity index (χ4n) is 3.99. The van der Waals surface area contributed by atoms with Crippen molar-refractivity contribution in [3.05, 3.63) is 42.2 Å². The predicted molar refractivity (Wildman–Crippen MR) is 123 cm³/mol. The van der Waals surface area contributed by atoms with E-state index in [0.717, 1.165) is 55.7 Å². The summed E-state index contributed by atoms with van der Waals surface area (Å²) in [5.41, 5.74) is 0.169. The van der Waals surface area contributed by atoms with Crippen molar-refractivity contribution < 1.29 is 21.6 Å². The average molecular weight is 495 g/mol. The molecule has 2 aliphatic heterocycles. The first-order chi connectivity index (χ1) is 15.6. The molecule has 3 heterocycles. The molecule has 1 fully saturated rings. The van der Waals surface area contributed by atoms with Crippen LogP contribution in [-0.2, 0) is 20.0 Å². The summed E-state index contributed by atoms with van der Waals surface area (Å²) < 4.78 is 51.8. The number of benzene rings is 1. The van der Waals surface area contributed by atoms with Crippen LogP contribution in [0.1, 0.15) is 23.2 Å². The van der Waals surface area contributed by atoms with Crippen LogP contribution in [0.2, 0.25) is 0 Å². The van der Waals surface area contributed by atoms with Gasteiger partial charge in [0, 0.05) is 50.8 Å². The van der Waals surface area contributed by atoms with E-state index in [0.29, 0.717) is 6.42 Å². The Bertz CT molecular complexity index is 1230. The lowest BCUT2D eigenvalue weighted by molar-refractivity contribution is 0.0868. The summed E-state index contributed by atoms with van der Waals surface area (Å²) in [7, 11) is -7.57. The number of aromatic nitrogens is 2. The number of hydrogen-bond acceptors (Lipinski definition) is 9. The zero-order valence-corrected chi connectivity index (χ0v) is 19.8. The summed E-state index contributed by atoms with van der Waals surface area (Å²) in [6.45, 7) is 4.26. The lowest BCUT2D eigenvalue weighted by Gasteiger charge is -2.34. The van der Waals surface area contributed by atoms with Gasteiger partial charge in [-0.1, -0.05) is 0 Å². The second kappa shape index (κ2) is 9.23. The van der Waals surface area contributed by atoms with E-state index in [4.69, 9.17) is 0 Å². The zero-order chi connectivity index (χ0) is 23.6. The molecule has 0 unspecified atom stereocenters. The Morgan fingerprint density at radius 1 is 1.03 bits per heavy atom. The quantitative estimate of drug-likeness (QED) is 0.524. The summed E-state index contributed by atoms with van der Waals surface area (Å²) in [5.74, 6) is 0.150. The molecule has 1 N–H and O–H groups in total.